The molecular formula is C18H23ClN4O3S. The molecule has 27 heavy (non-hydrogen) atoms. The molecule has 9 heteroatoms. The van der Waals surface area contributed by atoms with Crippen LogP contribution in [-0.2, 0) is 28.3 Å². The molecule has 1 aromatic heterocycles. The molecule has 2 heterocycles. The number of aromatic nitrogens is 2. The molecular weight excluding hydrogens is 388 g/mol. The van der Waals surface area contributed by atoms with Gasteiger partial charge in [-0.1, -0.05) is 17.7 Å². The van der Waals surface area contributed by atoms with E-state index in [1.54, 1.807) is 21.7 Å². The molecule has 1 saturated heterocycles. The first kappa shape index (κ1) is 19.9. The molecule has 1 amide bonds. The molecule has 146 valence electrons. The number of benzene rings is 1. The van der Waals surface area contributed by atoms with Gasteiger partial charge in [-0.05, 0) is 32.0 Å². The lowest BCUT2D eigenvalue weighted by molar-refractivity contribution is -0.131. The van der Waals surface area contributed by atoms with E-state index in [2.05, 4.69) is 5.10 Å². The predicted molar refractivity (Wildman–Crippen MR) is 103 cm³/mol. The zero-order valence-electron chi connectivity index (χ0n) is 15.6. The average Bonchev–Trinajstić information content (AvgIpc) is 2.88. The summed E-state index contributed by atoms with van der Waals surface area (Å²) in [6.45, 7) is 5.12. The molecule has 0 unspecified atom stereocenters. The van der Waals surface area contributed by atoms with E-state index in [4.69, 9.17) is 11.6 Å². The molecule has 1 aromatic carbocycles. The van der Waals surface area contributed by atoms with Gasteiger partial charge >= 0.3 is 0 Å². The Balaban J connectivity index is 1.65. The summed E-state index contributed by atoms with van der Waals surface area (Å²) in [6.07, 6.45) is 0.284. The SMILES string of the molecule is Cc1nn(C)c(C)c1CC(=O)N1CCN(S(=O)(=O)c2cccc(Cl)c2)CC1. The van der Waals surface area contributed by atoms with E-state index in [1.807, 2.05) is 20.9 Å². The summed E-state index contributed by atoms with van der Waals surface area (Å²) in [5.74, 6) is -0.00555. The van der Waals surface area contributed by atoms with Gasteiger partial charge < -0.3 is 4.90 Å². The second-order valence-corrected chi connectivity index (χ2v) is 9.07. The van der Waals surface area contributed by atoms with E-state index in [-0.39, 0.29) is 30.3 Å². The number of piperazine rings is 1. The Kier molecular flexibility index (Phi) is 5.60. The van der Waals surface area contributed by atoms with Crippen LogP contribution < -0.4 is 0 Å². The zero-order chi connectivity index (χ0) is 19.8. The van der Waals surface area contributed by atoms with Gasteiger partial charge in [0.25, 0.3) is 0 Å². The van der Waals surface area contributed by atoms with Crippen LogP contribution in [0.25, 0.3) is 0 Å². The van der Waals surface area contributed by atoms with Crippen LogP contribution in [-0.4, -0.2) is 59.5 Å². The standard InChI is InChI=1S/C18H23ClN4O3S/c1-13-17(14(2)21(3)20-13)12-18(24)22-7-9-23(10-8-22)27(25,26)16-6-4-5-15(19)11-16/h4-6,11H,7-10,12H2,1-3H3. The normalized spacial score (nSPS) is 15.9. The number of nitrogens with zero attached hydrogens (tertiary/aromatic N) is 4. The van der Waals surface area contributed by atoms with Crippen LogP contribution in [0, 0.1) is 13.8 Å². The first-order valence-electron chi connectivity index (χ1n) is 8.72. The van der Waals surface area contributed by atoms with Gasteiger partial charge in [-0.15, -0.1) is 0 Å². The van der Waals surface area contributed by atoms with E-state index in [9.17, 15) is 13.2 Å². The summed E-state index contributed by atoms with van der Waals surface area (Å²) in [5, 5.41) is 4.72. The van der Waals surface area contributed by atoms with Gasteiger partial charge in [-0.25, -0.2) is 8.42 Å². The maximum atomic E-state index is 12.8. The molecule has 3 rings (SSSR count). The predicted octanol–water partition coefficient (Wildman–Crippen LogP) is 1.77. The van der Waals surface area contributed by atoms with Crippen LogP contribution in [0.1, 0.15) is 17.0 Å². The lowest BCUT2D eigenvalue weighted by Gasteiger charge is -2.34. The van der Waals surface area contributed by atoms with Gasteiger partial charge in [0.2, 0.25) is 15.9 Å². The zero-order valence-corrected chi connectivity index (χ0v) is 17.2. The van der Waals surface area contributed by atoms with Crippen molar-refractivity contribution in [2.45, 2.75) is 25.2 Å². The van der Waals surface area contributed by atoms with E-state index < -0.39 is 10.0 Å². The quantitative estimate of drug-likeness (QED) is 0.769. The Hall–Kier alpha value is -1.90. The van der Waals surface area contributed by atoms with Gasteiger partial charge in [0.15, 0.2) is 0 Å². The maximum Gasteiger partial charge on any atom is 0.243 e. The summed E-state index contributed by atoms with van der Waals surface area (Å²) in [4.78, 5) is 14.6. The first-order chi connectivity index (χ1) is 12.7. The van der Waals surface area contributed by atoms with Gasteiger partial charge in [-0.2, -0.15) is 9.40 Å². The molecule has 0 N–H and O–H groups in total. The molecule has 0 saturated carbocycles. The molecule has 0 aliphatic carbocycles. The Morgan fingerprint density at radius 3 is 2.41 bits per heavy atom. The Bertz CT molecular complexity index is 963. The van der Waals surface area contributed by atoms with Crippen molar-refractivity contribution in [3.05, 3.63) is 46.2 Å². The second-order valence-electron chi connectivity index (χ2n) is 6.69. The number of hydrogen-bond donors (Lipinski definition) is 0. The van der Waals surface area contributed by atoms with E-state index >= 15 is 0 Å². The number of rotatable bonds is 4. The van der Waals surface area contributed by atoms with E-state index in [0.29, 0.717) is 18.1 Å². The number of hydrogen-bond acceptors (Lipinski definition) is 4. The highest BCUT2D eigenvalue weighted by atomic mass is 35.5. The monoisotopic (exact) mass is 410 g/mol. The molecule has 0 radical (unpaired) electrons. The Labute approximate surface area is 164 Å². The largest absolute Gasteiger partial charge is 0.340 e. The van der Waals surface area contributed by atoms with Crippen molar-refractivity contribution in [3.8, 4) is 0 Å². The van der Waals surface area contributed by atoms with Crippen molar-refractivity contribution in [2.75, 3.05) is 26.2 Å². The fourth-order valence-corrected chi connectivity index (χ4v) is 5.01. The third kappa shape index (κ3) is 4.02. The lowest BCUT2D eigenvalue weighted by atomic mass is 10.1. The van der Waals surface area contributed by atoms with Crippen LogP contribution >= 0.6 is 11.6 Å². The Morgan fingerprint density at radius 1 is 1.19 bits per heavy atom. The highest BCUT2D eigenvalue weighted by Gasteiger charge is 2.30. The highest BCUT2D eigenvalue weighted by Crippen LogP contribution is 2.21. The van der Waals surface area contributed by atoms with E-state index in [0.717, 1.165) is 17.0 Å². The molecule has 1 aliphatic heterocycles. The van der Waals surface area contributed by atoms with Crippen LogP contribution in [0.3, 0.4) is 0 Å². The summed E-state index contributed by atoms with van der Waals surface area (Å²) >= 11 is 5.92. The molecule has 0 bridgehead atoms. The van der Waals surface area contributed by atoms with Gasteiger partial charge in [-0.3, -0.25) is 9.48 Å². The molecule has 0 atom stereocenters. The summed E-state index contributed by atoms with van der Waals surface area (Å²) in [6, 6.07) is 6.24. The van der Waals surface area contributed by atoms with Crippen molar-refractivity contribution in [1.82, 2.24) is 19.0 Å². The summed E-state index contributed by atoms with van der Waals surface area (Å²) in [7, 11) is -1.75. The van der Waals surface area contributed by atoms with Crippen LogP contribution in [0.2, 0.25) is 5.02 Å². The van der Waals surface area contributed by atoms with Crippen molar-refractivity contribution in [1.29, 1.82) is 0 Å². The number of amides is 1. The third-order valence-corrected chi connectivity index (χ3v) is 7.14. The molecule has 1 fully saturated rings. The van der Waals surface area contributed by atoms with Crippen LogP contribution in [0.4, 0.5) is 0 Å². The topological polar surface area (TPSA) is 75.5 Å². The fraction of sp³-hybridized carbons (Fsp3) is 0.444. The summed E-state index contributed by atoms with van der Waals surface area (Å²) in [5.41, 5.74) is 2.77. The maximum absolute atomic E-state index is 12.8. The number of halogens is 1. The minimum atomic E-state index is -3.61. The van der Waals surface area contributed by atoms with Crippen molar-refractivity contribution < 1.29 is 13.2 Å². The number of aryl methyl sites for hydroxylation is 2. The molecule has 1 aliphatic rings. The first-order valence-corrected chi connectivity index (χ1v) is 10.5. The average molecular weight is 411 g/mol. The Morgan fingerprint density at radius 2 is 1.85 bits per heavy atom. The highest BCUT2D eigenvalue weighted by molar-refractivity contribution is 7.89. The van der Waals surface area contributed by atoms with Crippen molar-refractivity contribution >= 4 is 27.5 Å². The minimum Gasteiger partial charge on any atom is -0.340 e. The third-order valence-electron chi connectivity index (χ3n) is 5.01. The van der Waals surface area contributed by atoms with Crippen molar-refractivity contribution in [3.63, 3.8) is 0 Å². The van der Waals surface area contributed by atoms with Crippen LogP contribution in [0.15, 0.2) is 29.2 Å². The molecule has 7 nitrogen and oxygen atoms in total. The summed E-state index contributed by atoms with van der Waals surface area (Å²) < 4.78 is 28.7. The van der Waals surface area contributed by atoms with Crippen LogP contribution in [0.5, 0.6) is 0 Å². The number of sulfonamides is 1. The number of carbonyl (C=O) groups is 1. The van der Waals surface area contributed by atoms with Crippen molar-refractivity contribution in [2.24, 2.45) is 7.05 Å². The smallest absolute Gasteiger partial charge is 0.243 e. The molecule has 2 aromatic rings. The number of carbonyl (C=O) groups excluding carboxylic acids is 1. The fourth-order valence-electron chi connectivity index (χ4n) is 3.29. The molecule has 0 spiro atoms. The second kappa shape index (κ2) is 7.61. The minimum absolute atomic E-state index is 0.00555. The van der Waals surface area contributed by atoms with Gasteiger partial charge in [0.1, 0.15) is 0 Å². The van der Waals surface area contributed by atoms with Gasteiger partial charge in [0.05, 0.1) is 17.0 Å². The lowest BCUT2D eigenvalue weighted by Crippen LogP contribution is -2.50. The van der Waals surface area contributed by atoms with Gasteiger partial charge in [0, 0.05) is 49.5 Å². The van der Waals surface area contributed by atoms with E-state index in [1.165, 1.54) is 16.4 Å².